The van der Waals surface area contributed by atoms with E-state index in [0.717, 1.165) is 5.92 Å². The first-order valence-corrected chi connectivity index (χ1v) is 4.06. The van der Waals surface area contributed by atoms with Gasteiger partial charge in [-0.15, -0.1) is 0 Å². The Morgan fingerprint density at radius 3 is 2.73 bits per heavy atom. The smallest absolute Gasteiger partial charge is 0.115 e. The molecule has 1 aromatic carbocycles. The highest BCUT2D eigenvalue weighted by Crippen LogP contribution is 2.47. The fourth-order valence-electron chi connectivity index (χ4n) is 1.54. The quantitative estimate of drug-likeness (QED) is 0.648. The molecule has 0 bridgehead atoms. The lowest BCUT2D eigenvalue weighted by Crippen LogP contribution is -1.79. The van der Waals surface area contributed by atoms with Gasteiger partial charge in [0.25, 0.3) is 0 Å². The van der Waals surface area contributed by atoms with Crippen LogP contribution >= 0.6 is 0 Å². The summed E-state index contributed by atoms with van der Waals surface area (Å²) in [4.78, 5) is 0. The van der Waals surface area contributed by atoms with Gasteiger partial charge in [0.15, 0.2) is 0 Å². The average molecular weight is 148 g/mol. The van der Waals surface area contributed by atoms with E-state index < -0.39 is 0 Å². The summed E-state index contributed by atoms with van der Waals surface area (Å²) in [6.45, 7) is 2.24. The van der Waals surface area contributed by atoms with Crippen molar-refractivity contribution in [2.24, 2.45) is 5.92 Å². The maximum atomic E-state index is 9.18. The van der Waals surface area contributed by atoms with E-state index in [0.29, 0.717) is 11.7 Å². The van der Waals surface area contributed by atoms with Gasteiger partial charge >= 0.3 is 0 Å². The van der Waals surface area contributed by atoms with Crippen LogP contribution in [0.3, 0.4) is 0 Å². The van der Waals surface area contributed by atoms with Gasteiger partial charge in [0.05, 0.1) is 0 Å². The molecule has 0 amide bonds. The van der Waals surface area contributed by atoms with Gasteiger partial charge in [-0.2, -0.15) is 0 Å². The first-order valence-electron chi connectivity index (χ1n) is 4.06. The van der Waals surface area contributed by atoms with E-state index in [2.05, 4.69) is 13.0 Å². The van der Waals surface area contributed by atoms with Gasteiger partial charge in [-0.1, -0.05) is 19.1 Å². The van der Waals surface area contributed by atoms with E-state index in [-0.39, 0.29) is 0 Å². The van der Waals surface area contributed by atoms with Crippen molar-refractivity contribution in [3.05, 3.63) is 29.8 Å². The van der Waals surface area contributed by atoms with Crippen LogP contribution in [0.5, 0.6) is 5.75 Å². The third kappa shape index (κ3) is 1.23. The van der Waals surface area contributed by atoms with E-state index >= 15 is 0 Å². The lowest BCUT2D eigenvalue weighted by Gasteiger charge is -1.97. The van der Waals surface area contributed by atoms with E-state index in [1.165, 1.54) is 12.0 Å². The molecule has 1 saturated carbocycles. The van der Waals surface area contributed by atoms with Gasteiger partial charge in [-0.25, -0.2) is 0 Å². The largest absolute Gasteiger partial charge is 0.508 e. The van der Waals surface area contributed by atoms with Crippen molar-refractivity contribution in [3.63, 3.8) is 0 Å². The summed E-state index contributed by atoms with van der Waals surface area (Å²) in [6.07, 6.45) is 1.28. The molecule has 0 saturated heterocycles. The van der Waals surface area contributed by atoms with Crippen molar-refractivity contribution in [3.8, 4) is 5.75 Å². The van der Waals surface area contributed by atoms with Crippen LogP contribution in [0.2, 0.25) is 0 Å². The number of hydrogen-bond donors (Lipinski definition) is 1. The SMILES string of the molecule is CC1CC1c1cccc(O)c1. The molecule has 1 nitrogen and oxygen atoms in total. The number of aromatic hydroxyl groups is 1. The van der Waals surface area contributed by atoms with E-state index in [4.69, 9.17) is 0 Å². The summed E-state index contributed by atoms with van der Waals surface area (Å²) >= 11 is 0. The van der Waals surface area contributed by atoms with Crippen molar-refractivity contribution >= 4 is 0 Å². The molecule has 1 N–H and O–H groups in total. The minimum Gasteiger partial charge on any atom is -0.508 e. The number of phenolic OH excluding ortho intramolecular Hbond substituents is 1. The van der Waals surface area contributed by atoms with Crippen molar-refractivity contribution in [2.45, 2.75) is 19.3 Å². The maximum absolute atomic E-state index is 9.18. The predicted octanol–water partition coefficient (Wildman–Crippen LogP) is 2.52. The molecule has 0 heterocycles. The Morgan fingerprint density at radius 1 is 1.45 bits per heavy atom. The Kier molecular flexibility index (Phi) is 1.38. The van der Waals surface area contributed by atoms with Crippen LogP contribution in [-0.2, 0) is 0 Å². The van der Waals surface area contributed by atoms with E-state index in [9.17, 15) is 5.11 Å². The fraction of sp³-hybridized carbons (Fsp3) is 0.400. The molecule has 1 aromatic rings. The molecule has 0 spiro atoms. The first kappa shape index (κ1) is 6.71. The normalized spacial score (nSPS) is 28.5. The lowest BCUT2D eigenvalue weighted by molar-refractivity contribution is 0.474. The standard InChI is InChI=1S/C10H12O/c1-7-5-10(7)8-3-2-4-9(11)6-8/h2-4,6-7,10-11H,5H2,1H3. The second-order valence-electron chi connectivity index (χ2n) is 3.41. The third-order valence-electron chi connectivity index (χ3n) is 2.41. The topological polar surface area (TPSA) is 20.2 Å². The van der Waals surface area contributed by atoms with Gasteiger partial charge in [-0.05, 0) is 36.0 Å². The highest BCUT2D eigenvalue weighted by molar-refractivity contribution is 5.32. The predicted molar refractivity (Wildman–Crippen MR) is 44.6 cm³/mol. The zero-order chi connectivity index (χ0) is 7.84. The third-order valence-corrected chi connectivity index (χ3v) is 2.41. The Hall–Kier alpha value is -0.980. The highest BCUT2D eigenvalue weighted by atomic mass is 16.3. The van der Waals surface area contributed by atoms with Crippen LogP contribution in [0.4, 0.5) is 0 Å². The summed E-state index contributed by atoms with van der Waals surface area (Å²) in [6, 6.07) is 7.59. The van der Waals surface area contributed by atoms with Crippen molar-refractivity contribution in [1.82, 2.24) is 0 Å². The monoisotopic (exact) mass is 148 g/mol. The number of phenols is 1. The number of benzene rings is 1. The van der Waals surface area contributed by atoms with Gasteiger partial charge in [0, 0.05) is 0 Å². The molecule has 58 valence electrons. The van der Waals surface area contributed by atoms with Crippen molar-refractivity contribution in [2.75, 3.05) is 0 Å². The fourth-order valence-corrected chi connectivity index (χ4v) is 1.54. The minimum absolute atomic E-state index is 0.390. The summed E-state index contributed by atoms with van der Waals surface area (Å²) in [5, 5.41) is 9.18. The van der Waals surface area contributed by atoms with Gasteiger partial charge < -0.3 is 5.11 Å². The molecule has 11 heavy (non-hydrogen) atoms. The molecule has 2 rings (SSSR count). The molecular weight excluding hydrogens is 136 g/mol. The number of hydrogen-bond acceptors (Lipinski definition) is 1. The molecule has 1 aliphatic carbocycles. The van der Waals surface area contributed by atoms with Gasteiger partial charge in [0.1, 0.15) is 5.75 Å². The lowest BCUT2D eigenvalue weighted by atomic mass is 10.1. The zero-order valence-electron chi connectivity index (χ0n) is 6.62. The molecule has 0 aliphatic heterocycles. The van der Waals surface area contributed by atoms with Crippen LogP contribution in [0.25, 0.3) is 0 Å². The summed E-state index contributed by atoms with van der Waals surface area (Å²) < 4.78 is 0. The van der Waals surface area contributed by atoms with Gasteiger partial charge in [0.2, 0.25) is 0 Å². The second kappa shape index (κ2) is 2.26. The Bertz CT molecular complexity index is 267. The first-order chi connectivity index (χ1) is 5.27. The van der Waals surface area contributed by atoms with Crippen LogP contribution in [0.15, 0.2) is 24.3 Å². The van der Waals surface area contributed by atoms with Crippen LogP contribution in [-0.4, -0.2) is 5.11 Å². The Morgan fingerprint density at radius 2 is 2.18 bits per heavy atom. The molecule has 2 unspecified atom stereocenters. The maximum Gasteiger partial charge on any atom is 0.115 e. The van der Waals surface area contributed by atoms with E-state index in [1.54, 1.807) is 6.07 Å². The molecule has 1 fully saturated rings. The van der Waals surface area contributed by atoms with E-state index in [1.807, 2.05) is 12.1 Å². The van der Waals surface area contributed by atoms with Crippen molar-refractivity contribution < 1.29 is 5.11 Å². The molecule has 0 radical (unpaired) electrons. The number of rotatable bonds is 1. The van der Waals surface area contributed by atoms with Crippen LogP contribution in [0.1, 0.15) is 24.8 Å². The van der Waals surface area contributed by atoms with Crippen LogP contribution in [0, 0.1) is 5.92 Å². The molecule has 1 aliphatic rings. The highest BCUT2D eigenvalue weighted by Gasteiger charge is 2.33. The zero-order valence-corrected chi connectivity index (χ0v) is 6.62. The molecule has 0 aromatic heterocycles. The van der Waals surface area contributed by atoms with Crippen LogP contribution < -0.4 is 0 Å². The van der Waals surface area contributed by atoms with Gasteiger partial charge in [-0.3, -0.25) is 0 Å². The summed E-state index contributed by atoms with van der Waals surface area (Å²) in [5.74, 6) is 1.92. The Labute approximate surface area is 66.7 Å². The molecular formula is C10H12O. The molecule has 2 atom stereocenters. The average Bonchev–Trinajstić information content (AvgIpc) is 2.67. The Balaban J connectivity index is 2.25. The molecule has 1 heteroatoms. The second-order valence-corrected chi connectivity index (χ2v) is 3.41. The summed E-state index contributed by atoms with van der Waals surface area (Å²) in [5.41, 5.74) is 1.29. The van der Waals surface area contributed by atoms with Crippen molar-refractivity contribution in [1.29, 1.82) is 0 Å². The minimum atomic E-state index is 0.390. The summed E-state index contributed by atoms with van der Waals surface area (Å²) in [7, 11) is 0.